The number of hydrogen-bond donors (Lipinski definition) is 0. The van der Waals surface area contributed by atoms with Crippen LogP contribution in [0.4, 0.5) is 0 Å². The molecule has 0 aromatic rings. The van der Waals surface area contributed by atoms with Crippen molar-refractivity contribution in [3.63, 3.8) is 0 Å². The van der Waals surface area contributed by atoms with E-state index < -0.39 is 0 Å². The molecule has 0 aromatic heterocycles. The molecule has 0 N–H and O–H groups in total. The average molecular weight is 234 g/mol. The molecule has 16 heavy (non-hydrogen) atoms. The molecule has 0 amide bonds. The fourth-order valence-corrected chi connectivity index (χ4v) is 1.03. The van der Waals surface area contributed by atoms with Gasteiger partial charge >= 0.3 is 5.97 Å². The summed E-state index contributed by atoms with van der Waals surface area (Å²) in [6, 6.07) is 0. The van der Waals surface area contributed by atoms with Crippen LogP contribution in [-0.2, 0) is 23.7 Å². The van der Waals surface area contributed by atoms with E-state index in [1.807, 2.05) is 0 Å². The van der Waals surface area contributed by atoms with E-state index in [-0.39, 0.29) is 5.97 Å². The third-order valence-corrected chi connectivity index (χ3v) is 1.91. The Bertz CT molecular complexity index is 160. The van der Waals surface area contributed by atoms with Crippen LogP contribution >= 0.6 is 0 Å². The summed E-state index contributed by atoms with van der Waals surface area (Å²) in [4.78, 5) is 10.7. The summed E-state index contributed by atoms with van der Waals surface area (Å²) in [7, 11) is 3.04. The first-order valence-electron chi connectivity index (χ1n) is 5.52. The van der Waals surface area contributed by atoms with Gasteiger partial charge in [0.15, 0.2) is 0 Å². The van der Waals surface area contributed by atoms with Crippen LogP contribution in [0.1, 0.15) is 19.3 Å². The first-order chi connectivity index (χ1) is 7.81. The highest BCUT2D eigenvalue weighted by Crippen LogP contribution is 1.93. The molecule has 0 unspecified atom stereocenters. The van der Waals surface area contributed by atoms with Gasteiger partial charge in [0.05, 0.1) is 20.3 Å². The van der Waals surface area contributed by atoms with Crippen LogP contribution in [0.15, 0.2) is 0 Å². The van der Waals surface area contributed by atoms with E-state index in [0.29, 0.717) is 45.9 Å². The second kappa shape index (κ2) is 12.4. The zero-order valence-electron chi connectivity index (χ0n) is 10.2. The van der Waals surface area contributed by atoms with Crippen LogP contribution in [0.3, 0.4) is 0 Å². The quantitative estimate of drug-likeness (QED) is 0.394. The maximum absolute atomic E-state index is 10.7. The highest BCUT2D eigenvalue weighted by molar-refractivity contribution is 5.68. The van der Waals surface area contributed by atoms with Gasteiger partial charge in [-0.25, -0.2) is 0 Å². The molecule has 96 valence electrons. The minimum absolute atomic E-state index is 0.188. The Balaban J connectivity index is 2.96. The largest absolute Gasteiger partial charge is 0.469 e. The molecule has 0 atom stereocenters. The molecule has 0 radical (unpaired) electrons. The zero-order valence-corrected chi connectivity index (χ0v) is 10.2. The van der Waals surface area contributed by atoms with Crippen molar-refractivity contribution in [1.82, 2.24) is 0 Å². The standard InChI is InChI=1S/C11H22O5/c1-13-9-10-16-8-4-7-15-6-3-5-11(12)14-2/h3-10H2,1-2H3. The lowest BCUT2D eigenvalue weighted by Gasteiger charge is -2.05. The van der Waals surface area contributed by atoms with Crippen molar-refractivity contribution >= 4 is 5.97 Å². The van der Waals surface area contributed by atoms with Crippen molar-refractivity contribution in [1.29, 1.82) is 0 Å². The van der Waals surface area contributed by atoms with Gasteiger partial charge in [-0.05, 0) is 12.8 Å². The van der Waals surface area contributed by atoms with Gasteiger partial charge in [0.1, 0.15) is 0 Å². The Morgan fingerprint density at radius 1 is 0.875 bits per heavy atom. The van der Waals surface area contributed by atoms with Crippen LogP contribution < -0.4 is 0 Å². The minimum atomic E-state index is -0.188. The van der Waals surface area contributed by atoms with Crippen LogP contribution in [0, 0.1) is 0 Å². The number of rotatable bonds is 11. The van der Waals surface area contributed by atoms with Crippen molar-refractivity contribution in [2.75, 3.05) is 47.3 Å². The summed E-state index contributed by atoms with van der Waals surface area (Å²) in [5, 5.41) is 0. The Morgan fingerprint density at radius 3 is 2.12 bits per heavy atom. The number of ether oxygens (including phenoxy) is 4. The zero-order chi connectivity index (χ0) is 12.1. The van der Waals surface area contributed by atoms with Crippen molar-refractivity contribution in [3.8, 4) is 0 Å². The molecule has 5 nitrogen and oxygen atoms in total. The predicted octanol–water partition coefficient (Wildman–Crippen LogP) is 1.01. The number of esters is 1. The van der Waals surface area contributed by atoms with E-state index in [0.717, 1.165) is 6.42 Å². The molecule has 0 saturated heterocycles. The van der Waals surface area contributed by atoms with Gasteiger partial charge in [0.2, 0.25) is 0 Å². The molecule has 0 fully saturated rings. The second-order valence-electron chi connectivity index (χ2n) is 3.25. The Kier molecular flexibility index (Phi) is 11.9. The molecule has 5 heteroatoms. The molecule has 0 heterocycles. The Morgan fingerprint density at radius 2 is 1.50 bits per heavy atom. The van der Waals surface area contributed by atoms with Gasteiger partial charge < -0.3 is 18.9 Å². The topological polar surface area (TPSA) is 54.0 Å². The molecular formula is C11H22O5. The summed E-state index contributed by atoms with van der Waals surface area (Å²) < 4.78 is 19.9. The Labute approximate surface area is 97.0 Å². The Hall–Kier alpha value is -0.650. The third kappa shape index (κ3) is 11.4. The molecule has 0 spiro atoms. The lowest BCUT2D eigenvalue weighted by Crippen LogP contribution is -2.07. The SMILES string of the molecule is COCCOCCCOCCCC(=O)OC. The summed E-state index contributed by atoms with van der Waals surface area (Å²) in [6.07, 6.45) is 1.99. The molecular weight excluding hydrogens is 212 g/mol. The van der Waals surface area contributed by atoms with Crippen LogP contribution in [0.25, 0.3) is 0 Å². The molecule has 0 aliphatic heterocycles. The number of carbonyl (C=O) groups excluding carboxylic acids is 1. The van der Waals surface area contributed by atoms with Crippen molar-refractivity contribution in [2.24, 2.45) is 0 Å². The van der Waals surface area contributed by atoms with E-state index >= 15 is 0 Å². The lowest BCUT2D eigenvalue weighted by molar-refractivity contribution is -0.141. The molecule has 0 aliphatic rings. The van der Waals surface area contributed by atoms with E-state index in [1.165, 1.54) is 7.11 Å². The monoisotopic (exact) mass is 234 g/mol. The van der Waals surface area contributed by atoms with Crippen LogP contribution in [0.5, 0.6) is 0 Å². The normalized spacial score (nSPS) is 10.4. The number of hydrogen-bond acceptors (Lipinski definition) is 5. The van der Waals surface area contributed by atoms with E-state index in [9.17, 15) is 4.79 Å². The van der Waals surface area contributed by atoms with Crippen LogP contribution in [-0.4, -0.2) is 53.2 Å². The molecule has 0 saturated carbocycles. The maximum Gasteiger partial charge on any atom is 0.305 e. The van der Waals surface area contributed by atoms with Gasteiger partial charge in [0, 0.05) is 33.4 Å². The predicted molar refractivity (Wildman–Crippen MR) is 59.4 cm³/mol. The van der Waals surface area contributed by atoms with E-state index in [2.05, 4.69) is 4.74 Å². The summed E-state index contributed by atoms with van der Waals surface area (Å²) in [6.45, 7) is 3.18. The average Bonchev–Trinajstić information content (AvgIpc) is 2.31. The summed E-state index contributed by atoms with van der Waals surface area (Å²) >= 11 is 0. The van der Waals surface area contributed by atoms with Crippen LogP contribution in [0.2, 0.25) is 0 Å². The second-order valence-corrected chi connectivity index (χ2v) is 3.25. The lowest BCUT2D eigenvalue weighted by atomic mass is 10.3. The third-order valence-electron chi connectivity index (χ3n) is 1.91. The van der Waals surface area contributed by atoms with Gasteiger partial charge in [-0.2, -0.15) is 0 Å². The molecule has 0 bridgehead atoms. The summed E-state index contributed by atoms with van der Waals surface area (Å²) in [5.41, 5.74) is 0. The van der Waals surface area contributed by atoms with Gasteiger partial charge in [0.25, 0.3) is 0 Å². The molecule has 0 rings (SSSR count). The molecule has 0 aromatic carbocycles. The van der Waals surface area contributed by atoms with Crippen molar-refractivity contribution in [3.05, 3.63) is 0 Å². The fraction of sp³-hybridized carbons (Fsp3) is 0.909. The van der Waals surface area contributed by atoms with E-state index in [1.54, 1.807) is 7.11 Å². The van der Waals surface area contributed by atoms with Crippen molar-refractivity contribution < 1.29 is 23.7 Å². The summed E-state index contributed by atoms with van der Waals surface area (Å²) in [5.74, 6) is -0.188. The smallest absolute Gasteiger partial charge is 0.305 e. The van der Waals surface area contributed by atoms with Crippen molar-refractivity contribution in [2.45, 2.75) is 19.3 Å². The minimum Gasteiger partial charge on any atom is -0.469 e. The van der Waals surface area contributed by atoms with E-state index in [4.69, 9.17) is 14.2 Å². The first kappa shape index (κ1) is 15.3. The fourth-order valence-electron chi connectivity index (χ4n) is 1.03. The number of methoxy groups -OCH3 is 2. The van der Waals surface area contributed by atoms with Gasteiger partial charge in [-0.3, -0.25) is 4.79 Å². The highest BCUT2D eigenvalue weighted by Gasteiger charge is 1.98. The highest BCUT2D eigenvalue weighted by atomic mass is 16.5. The number of carbonyl (C=O) groups is 1. The van der Waals surface area contributed by atoms with Gasteiger partial charge in [-0.1, -0.05) is 0 Å². The van der Waals surface area contributed by atoms with Gasteiger partial charge in [-0.15, -0.1) is 0 Å². The first-order valence-corrected chi connectivity index (χ1v) is 5.52. The molecule has 0 aliphatic carbocycles. The maximum atomic E-state index is 10.7.